The molecule has 3 nitrogen and oxygen atoms in total. The predicted molar refractivity (Wildman–Crippen MR) is 61.5 cm³/mol. The molecule has 1 saturated heterocycles. The average Bonchev–Trinajstić information content (AvgIpc) is 2.25. The van der Waals surface area contributed by atoms with Crippen LogP contribution in [-0.4, -0.2) is 28.8 Å². The van der Waals surface area contributed by atoms with Crippen LogP contribution in [0.5, 0.6) is 0 Å². The van der Waals surface area contributed by atoms with E-state index in [0.717, 1.165) is 29.8 Å². The van der Waals surface area contributed by atoms with Crippen LogP contribution in [0.3, 0.4) is 0 Å². The number of hydrogen-bond acceptors (Lipinski definition) is 3. The summed E-state index contributed by atoms with van der Waals surface area (Å²) in [4.78, 5) is 17.7. The van der Waals surface area contributed by atoms with Gasteiger partial charge in [-0.25, -0.2) is 0 Å². The first-order chi connectivity index (χ1) is 7.25. The zero-order valence-corrected chi connectivity index (χ0v) is 10.0. The number of halogens is 1. The van der Waals surface area contributed by atoms with E-state index >= 15 is 0 Å². The van der Waals surface area contributed by atoms with Gasteiger partial charge in [0.1, 0.15) is 5.78 Å². The van der Waals surface area contributed by atoms with E-state index < -0.39 is 0 Å². The fourth-order valence-corrected chi connectivity index (χ4v) is 2.09. The van der Waals surface area contributed by atoms with Crippen molar-refractivity contribution in [1.82, 2.24) is 9.88 Å². The molecule has 15 heavy (non-hydrogen) atoms. The molecule has 4 heteroatoms. The van der Waals surface area contributed by atoms with Gasteiger partial charge in [0.25, 0.3) is 0 Å². The first kappa shape index (κ1) is 10.8. The molecule has 0 aromatic carbocycles. The van der Waals surface area contributed by atoms with Gasteiger partial charge < -0.3 is 0 Å². The molecule has 1 aliphatic rings. The van der Waals surface area contributed by atoms with Gasteiger partial charge in [-0.1, -0.05) is 0 Å². The first-order valence-corrected chi connectivity index (χ1v) is 5.88. The van der Waals surface area contributed by atoms with Crippen molar-refractivity contribution < 1.29 is 4.79 Å². The number of ketones is 1. The third kappa shape index (κ3) is 2.86. The number of pyridine rings is 1. The van der Waals surface area contributed by atoms with Crippen molar-refractivity contribution in [3.05, 3.63) is 28.5 Å². The number of Topliss-reactive ketones (excluding diaryl/α,β-unsaturated/α-hetero) is 1. The largest absolute Gasteiger partial charge is 0.300 e. The van der Waals surface area contributed by atoms with E-state index in [0.29, 0.717) is 18.6 Å². The summed E-state index contributed by atoms with van der Waals surface area (Å²) in [5, 5.41) is 0. The summed E-state index contributed by atoms with van der Waals surface area (Å²) in [6, 6.07) is 3.91. The third-order valence-electron chi connectivity index (χ3n) is 2.62. The zero-order chi connectivity index (χ0) is 10.7. The van der Waals surface area contributed by atoms with Crippen molar-refractivity contribution in [1.29, 1.82) is 0 Å². The molecule has 1 fully saturated rings. The lowest BCUT2D eigenvalue weighted by Crippen LogP contribution is -2.33. The van der Waals surface area contributed by atoms with Crippen LogP contribution in [0.2, 0.25) is 0 Å². The molecule has 2 heterocycles. The molecule has 1 aromatic rings. The van der Waals surface area contributed by atoms with E-state index in [2.05, 4.69) is 25.8 Å². The van der Waals surface area contributed by atoms with E-state index in [-0.39, 0.29) is 0 Å². The lowest BCUT2D eigenvalue weighted by atomic mass is 10.1. The van der Waals surface area contributed by atoms with E-state index in [4.69, 9.17) is 0 Å². The number of likely N-dealkylation sites (tertiary alicyclic amines) is 1. The number of rotatable bonds is 2. The highest BCUT2D eigenvalue weighted by Gasteiger charge is 2.17. The maximum atomic E-state index is 11.1. The molecule has 80 valence electrons. The Hall–Kier alpha value is -0.740. The fourth-order valence-electron chi connectivity index (χ4n) is 1.71. The Morgan fingerprint density at radius 1 is 1.40 bits per heavy atom. The Labute approximate surface area is 97.6 Å². The highest BCUT2D eigenvalue weighted by molar-refractivity contribution is 9.10. The molecule has 2 rings (SSSR count). The highest BCUT2D eigenvalue weighted by atomic mass is 79.9. The Morgan fingerprint density at radius 2 is 2.13 bits per heavy atom. The molecule has 0 bridgehead atoms. The van der Waals surface area contributed by atoms with Crippen LogP contribution in [-0.2, 0) is 11.3 Å². The van der Waals surface area contributed by atoms with E-state index in [9.17, 15) is 4.79 Å². The maximum Gasteiger partial charge on any atom is 0.135 e. The first-order valence-electron chi connectivity index (χ1n) is 5.09. The number of hydrogen-bond donors (Lipinski definition) is 0. The normalized spacial score (nSPS) is 18.1. The van der Waals surface area contributed by atoms with Crippen molar-refractivity contribution in [2.75, 3.05) is 13.1 Å². The zero-order valence-electron chi connectivity index (χ0n) is 8.45. The van der Waals surface area contributed by atoms with Gasteiger partial charge in [-0.15, -0.1) is 0 Å². The minimum atomic E-state index is 0.381. The van der Waals surface area contributed by atoms with Crippen LogP contribution in [0.15, 0.2) is 22.8 Å². The monoisotopic (exact) mass is 268 g/mol. The molecule has 0 saturated carbocycles. The smallest absolute Gasteiger partial charge is 0.135 e. The molecule has 1 aromatic heterocycles. The summed E-state index contributed by atoms with van der Waals surface area (Å²) < 4.78 is 1.04. The molecule has 1 aliphatic heterocycles. The second-order valence-corrected chi connectivity index (χ2v) is 4.60. The van der Waals surface area contributed by atoms with E-state index in [1.54, 1.807) is 6.20 Å². The minimum absolute atomic E-state index is 0.381. The molecular formula is C11H13BrN2O. The van der Waals surface area contributed by atoms with Gasteiger partial charge in [0.2, 0.25) is 0 Å². The number of piperidine rings is 1. The molecule has 0 aliphatic carbocycles. The number of nitrogens with zero attached hydrogens (tertiary/aromatic N) is 2. The molecule has 0 atom stereocenters. The van der Waals surface area contributed by atoms with Crippen molar-refractivity contribution in [3.8, 4) is 0 Å². The topological polar surface area (TPSA) is 33.2 Å². The summed E-state index contributed by atoms with van der Waals surface area (Å²) in [7, 11) is 0. The van der Waals surface area contributed by atoms with Crippen LogP contribution < -0.4 is 0 Å². The number of carbonyl (C=O) groups is 1. The minimum Gasteiger partial charge on any atom is -0.300 e. The Kier molecular flexibility index (Phi) is 3.49. The molecule has 0 radical (unpaired) electrons. The van der Waals surface area contributed by atoms with Crippen molar-refractivity contribution in [2.45, 2.75) is 19.4 Å². The number of carbonyl (C=O) groups excluding carboxylic acids is 1. The van der Waals surface area contributed by atoms with Crippen molar-refractivity contribution in [2.24, 2.45) is 0 Å². The standard InChI is InChI=1S/C11H13BrN2O/c12-10-2-1-5-13-11(10)8-14-6-3-9(15)4-7-14/h1-2,5H,3-4,6-8H2. The van der Waals surface area contributed by atoms with Crippen LogP contribution in [0, 0.1) is 0 Å². The van der Waals surface area contributed by atoms with Crippen LogP contribution in [0.25, 0.3) is 0 Å². The lowest BCUT2D eigenvalue weighted by molar-refractivity contribution is -0.121. The van der Waals surface area contributed by atoms with Gasteiger partial charge in [0, 0.05) is 43.1 Å². The van der Waals surface area contributed by atoms with E-state index in [1.165, 1.54) is 0 Å². The van der Waals surface area contributed by atoms with Gasteiger partial charge >= 0.3 is 0 Å². The van der Waals surface area contributed by atoms with Crippen LogP contribution in [0.1, 0.15) is 18.5 Å². The molecule has 0 unspecified atom stereocenters. The molecule has 0 amide bonds. The Morgan fingerprint density at radius 3 is 2.80 bits per heavy atom. The summed E-state index contributed by atoms with van der Waals surface area (Å²) in [6.07, 6.45) is 3.17. The highest BCUT2D eigenvalue weighted by Crippen LogP contribution is 2.17. The Balaban J connectivity index is 1.97. The summed E-state index contributed by atoms with van der Waals surface area (Å²) in [5.41, 5.74) is 1.05. The molecule has 0 N–H and O–H groups in total. The summed E-state index contributed by atoms with van der Waals surface area (Å²) in [5.74, 6) is 0.381. The molecular weight excluding hydrogens is 256 g/mol. The van der Waals surface area contributed by atoms with E-state index in [1.807, 2.05) is 12.1 Å². The molecule has 0 spiro atoms. The van der Waals surface area contributed by atoms with Gasteiger partial charge in [-0.05, 0) is 28.1 Å². The quantitative estimate of drug-likeness (QED) is 0.823. The lowest BCUT2D eigenvalue weighted by Gasteiger charge is -2.25. The summed E-state index contributed by atoms with van der Waals surface area (Å²) in [6.45, 7) is 2.55. The van der Waals surface area contributed by atoms with Crippen molar-refractivity contribution >= 4 is 21.7 Å². The van der Waals surface area contributed by atoms with Crippen molar-refractivity contribution in [3.63, 3.8) is 0 Å². The van der Waals surface area contributed by atoms with Crippen LogP contribution in [0.4, 0.5) is 0 Å². The fraction of sp³-hybridized carbons (Fsp3) is 0.455. The van der Waals surface area contributed by atoms with Gasteiger partial charge in [-0.2, -0.15) is 0 Å². The maximum absolute atomic E-state index is 11.1. The second-order valence-electron chi connectivity index (χ2n) is 3.75. The average molecular weight is 269 g/mol. The predicted octanol–water partition coefficient (Wildman–Crippen LogP) is 2.01. The van der Waals surface area contributed by atoms with Gasteiger partial charge in [-0.3, -0.25) is 14.7 Å². The van der Waals surface area contributed by atoms with Gasteiger partial charge in [0.05, 0.1) is 5.69 Å². The second kappa shape index (κ2) is 4.86. The third-order valence-corrected chi connectivity index (χ3v) is 3.34. The Bertz CT molecular complexity index is 357. The number of aromatic nitrogens is 1. The van der Waals surface area contributed by atoms with Gasteiger partial charge in [0.15, 0.2) is 0 Å². The SMILES string of the molecule is O=C1CCN(Cc2ncccc2Br)CC1. The summed E-state index contributed by atoms with van der Waals surface area (Å²) >= 11 is 3.48. The van der Waals surface area contributed by atoms with Crippen LogP contribution >= 0.6 is 15.9 Å².